The highest BCUT2D eigenvalue weighted by Gasteiger charge is 2.29. The van der Waals surface area contributed by atoms with Gasteiger partial charge in [0.15, 0.2) is 0 Å². The van der Waals surface area contributed by atoms with E-state index in [2.05, 4.69) is 37.2 Å². The molecular weight excluding hydrogens is 282 g/mol. The van der Waals surface area contributed by atoms with Gasteiger partial charge < -0.3 is 16.0 Å². The number of benzene rings is 1. The molecule has 3 atom stereocenters. The standard InChI is InChI=1S/C16H25N3OS/c1-11-9-19(3)12(2)8-14(11)18-13-6-4-5-7-15(13)21-10-16(17)20/h4-7,11-12,14,18H,8-10H2,1-3H3,(H2,17,20). The first-order chi connectivity index (χ1) is 9.97. The van der Waals surface area contributed by atoms with E-state index < -0.39 is 0 Å². The van der Waals surface area contributed by atoms with Crippen molar-refractivity contribution < 1.29 is 4.79 Å². The Morgan fingerprint density at radius 2 is 2.14 bits per heavy atom. The summed E-state index contributed by atoms with van der Waals surface area (Å²) >= 11 is 1.50. The van der Waals surface area contributed by atoms with E-state index in [1.165, 1.54) is 11.8 Å². The normalized spacial score (nSPS) is 26.5. The number of hydrogen-bond acceptors (Lipinski definition) is 4. The zero-order valence-corrected chi connectivity index (χ0v) is 13.8. The fraction of sp³-hybridized carbons (Fsp3) is 0.562. The van der Waals surface area contributed by atoms with Crippen LogP contribution in [-0.2, 0) is 4.79 Å². The molecule has 0 bridgehead atoms. The van der Waals surface area contributed by atoms with E-state index >= 15 is 0 Å². The fourth-order valence-electron chi connectivity index (χ4n) is 2.80. The molecule has 1 saturated heterocycles. The first-order valence-electron chi connectivity index (χ1n) is 7.44. The van der Waals surface area contributed by atoms with Crippen molar-refractivity contribution in [3.63, 3.8) is 0 Å². The maximum absolute atomic E-state index is 11.0. The number of anilines is 1. The van der Waals surface area contributed by atoms with Gasteiger partial charge in [-0.05, 0) is 38.4 Å². The van der Waals surface area contributed by atoms with Gasteiger partial charge in [-0.1, -0.05) is 19.1 Å². The Morgan fingerprint density at radius 3 is 2.86 bits per heavy atom. The number of nitrogens with two attached hydrogens (primary N) is 1. The highest BCUT2D eigenvalue weighted by Crippen LogP contribution is 2.30. The van der Waals surface area contributed by atoms with Gasteiger partial charge in [0.2, 0.25) is 5.91 Å². The maximum atomic E-state index is 11.0. The smallest absolute Gasteiger partial charge is 0.227 e. The number of nitrogens with zero attached hydrogens (tertiary/aromatic N) is 1. The first-order valence-corrected chi connectivity index (χ1v) is 8.43. The lowest BCUT2D eigenvalue weighted by atomic mass is 9.89. The second kappa shape index (κ2) is 7.18. The molecule has 1 aromatic carbocycles. The molecule has 3 unspecified atom stereocenters. The highest BCUT2D eigenvalue weighted by atomic mass is 32.2. The summed E-state index contributed by atoms with van der Waals surface area (Å²) < 4.78 is 0. The van der Waals surface area contributed by atoms with Crippen LogP contribution in [0.5, 0.6) is 0 Å². The van der Waals surface area contributed by atoms with E-state index in [1.807, 2.05) is 18.2 Å². The van der Waals surface area contributed by atoms with Crippen molar-refractivity contribution in [2.45, 2.75) is 37.2 Å². The molecule has 5 heteroatoms. The Balaban J connectivity index is 2.06. The number of nitrogens with one attached hydrogen (secondary N) is 1. The summed E-state index contributed by atoms with van der Waals surface area (Å²) in [7, 11) is 2.19. The molecule has 4 nitrogen and oxygen atoms in total. The Hall–Kier alpha value is -1.20. The van der Waals surface area contributed by atoms with Crippen molar-refractivity contribution in [1.29, 1.82) is 0 Å². The van der Waals surface area contributed by atoms with Crippen LogP contribution in [0.3, 0.4) is 0 Å². The summed E-state index contributed by atoms with van der Waals surface area (Å²) in [6.07, 6.45) is 1.13. The Morgan fingerprint density at radius 1 is 1.43 bits per heavy atom. The van der Waals surface area contributed by atoms with Crippen LogP contribution in [-0.4, -0.2) is 42.2 Å². The molecule has 1 heterocycles. The third kappa shape index (κ3) is 4.38. The highest BCUT2D eigenvalue weighted by molar-refractivity contribution is 8.00. The van der Waals surface area contributed by atoms with Gasteiger partial charge in [0.05, 0.1) is 5.75 Å². The fourth-order valence-corrected chi connectivity index (χ4v) is 3.56. The van der Waals surface area contributed by atoms with E-state index in [9.17, 15) is 4.79 Å². The van der Waals surface area contributed by atoms with Gasteiger partial charge in [0, 0.05) is 29.2 Å². The minimum Gasteiger partial charge on any atom is -0.381 e. The largest absolute Gasteiger partial charge is 0.381 e. The zero-order valence-electron chi connectivity index (χ0n) is 13.0. The van der Waals surface area contributed by atoms with E-state index in [4.69, 9.17) is 5.73 Å². The number of primary amides is 1. The van der Waals surface area contributed by atoms with Crippen molar-refractivity contribution in [2.24, 2.45) is 11.7 Å². The molecule has 116 valence electrons. The minimum atomic E-state index is -0.281. The number of thioether (sulfide) groups is 1. The van der Waals surface area contributed by atoms with Crippen LogP contribution in [0.2, 0.25) is 0 Å². The number of para-hydroxylation sites is 1. The minimum absolute atomic E-state index is 0.281. The molecule has 3 N–H and O–H groups in total. The van der Waals surface area contributed by atoms with E-state index in [-0.39, 0.29) is 5.91 Å². The predicted octanol–water partition coefficient (Wildman–Crippen LogP) is 2.40. The van der Waals surface area contributed by atoms with Crippen molar-refractivity contribution in [3.8, 4) is 0 Å². The van der Waals surface area contributed by atoms with Crippen LogP contribution in [0.4, 0.5) is 5.69 Å². The van der Waals surface area contributed by atoms with E-state index in [0.717, 1.165) is 23.5 Å². The van der Waals surface area contributed by atoms with Crippen LogP contribution in [0.25, 0.3) is 0 Å². The molecule has 0 radical (unpaired) electrons. The average Bonchev–Trinajstić information content (AvgIpc) is 2.43. The summed E-state index contributed by atoms with van der Waals surface area (Å²) in [6.45, 7) is 5.67. The topological polar surface area (TPSA) is 58.4 Å². The molecule has 0 saturated carbocycles. The van der Waals surface area contributed by atoms with Gasteiger partial charge in [0.1, 0.15) is 0 Å². The van der Waals surface area contributed by atoms with Crippen molar-refractivity contribution >= 4 is 23.4 Å². The Kier molecular flexibility index (Phi) is 5.53. The summed E-state index contributed by atoms with van der Waals surface area (Å²) in [6, 6.07) is 9.20. The maximum Gasteiger partial charge on any atom is 0.227 e. The van der Waals surface area contributed by atoms with Crippen LogP contribution in [0.1, 0.15) is 20.3 Å². The molecule has 0 spiro atoms. The van der Waals surface area contributed by atoms with Crippen LogP contribution in [0, 0.1) is 5.92 Å². The van der Waals surface area contributed by atoms with Gasteiger partial charge in [-0.15, -0.1) is 11.8 Å². The molecular formula is C16H25N3OS. The number of rotatable bonds is 5. The van der Waals surface area contributed by atoms with Crippen LogP contribution >= 0.6 is 11.8 Å². The van der Waals surface area contributed by atoms with Crippen molar-refractivity contribution in [2.75, 3.05) is 24.7 Å². The molecule has 2 rings (SSSR count). The van der Waals surface area contributed by atoms with Crippen LogP contribution in [0.15, 0.2) is 29.2 Å². The Labute approximate surface area is 131 Å². The number of piperidine rings is 1. The number of amides is 1. The average molecular weight is 307 g/mol. The van der Waals surface area contributed by atoms with Gasteiger partial charge in [-0.25, -0.2) is 0 Å². The number of hydrogen-bond donors (Lipinski definition) is 2. The third-order valence-electron chi connectivity index (χ3n) is 4.21. The lowest BCUT2D eigenvalue weighted by Crippen LogP contribution is -2.48. The second-order valence-electron chi connectivity index (χ2n) is 6.00. The summed E-state index contributed by atoms with van der Waals surface area (Å²) in [4.78, 5) is 14.5. The molecule has 0 aromatic heterocycles. The number of carbonyl (C=O) groups excluding carboxylic acids is 1. The molecule has 1 aliphatic rings. The lowest BCUT2D eigenvalue weighted by Gasteiger charge is -2.40. The van der Waals surface area contributed by atoms with Crippen molar-refractivity contribution in [3.05, 3.63) is 24.3 Å². The van der Waals surface area contributed by atoms with Crippen LogP contribution < -0.4 is 11.1 Å². The van der Waals surface area contributed by atoms with E-state index in [1.54, 1.807) is 0 Å². The third-order valence-corrected chi connectivity index (χ3v) is 5.30. The number of likely N-dealkylation sites (tertiary alicyclic amines) is 1. The number of carbonyl (C=O) groups is 1. The Bertz CT molecular complexity index is 494. The molecule has 1 aliphatic heterocycles. The summed E-state index contributed by atoms with van der Waals surface area (Å²) in [5.41, 5.74) is 6.35. The molecule has 1 aromatic rings. The van der Waals surface area contributed by atoms with E-state index in [0.29, 0.717) is 23.8 Å². The molecule has 1 fully saturated rings. The molecule has 0 aliphatic carbocycles. The first kappa shape index (κ1) is 16.2. The van der Waals surface area contributed by atoms with Gasteiger partial charge in [0.25, 0.3) is 0 Å². The monoisotopic (exact) mass is 307 g/mol. The molecule has 1 amide bonds. The summed E-state index contributed by atoms with van der Waals surface area (Å²) in [5, 5.41) is 3.67. The molecule has 21 heavy (non-hydrogen) atoms. The van der Waals surface area contributed by atoms with Gasteiger partial charge in [-0.3, -0.25) is 4.79 Å². The summed E-state index contributed by atoms with van der Waals surface area (Å²) in [5.74, 6) is 0.634. The second-order valence-corrected chi connectivity index (χ2v) is 7.02. The zero-order chi connectivity index (χ0) is 15.4. The van der Waals surface area contributed by atoms with Crippen molar-refractivity contribution in [1.82, 2.24) is 4.90 Å². The van der Waals surface area contributed by atoms with Gasteiger partial charge >= 0.3 is 0 Å². The lowest BCUT2D eigenvalue weighted by molar-refractivity contribution is -0.115. The predicted molar refractivity (Wildman–Crippen MR) is 89.6 cm³/mol. The quantitative estimate of drug-likeness (QED) is 0.820. The van der Waals surface area contributed by atoms with Gasteiger partial charge in [-0.2, -0.15) is 0 Å². The SMILES string of the molecule is CC1CN(C)C(C)CC1Nc1ccccc1SCC(N)=O.